The fraction of sp³-hybridized carbons (Fsp3) is 0.400. The molecule has 0 heteroatoms. The maximum atomic E-state index is 3.96. The van der Waals surface area contributed by atoms with Crippen LogP contribution in [-0.4, -0.2) is 0 Å². The minimum Gasteiger partial charge on any atom is -0.0991 e. The van der Waals surface area contributed by atoms with Gasteiger partial charge in [0.2, 0.25) is 0 Å². The largest absolute Gasteiger partial charge is 0.0991 e. The van der Waals surface area contributed by atoms with Crippen LogP contribution in [0.2, 0.25) is 0 Å². The molecule has 0 fully saturated rings. The molecule has 0 heterocycles. The molecule has 0 rings (SSSR count). The van der Waals surface area contributed by atoms with Crippen molar-refractivity contribution in [3.63, 3.8) is 0 Å². The first kappa shape index (κ1) is 9.22. The summed E-state index contributed by atoms with van der Waals surface area (Å²) < 4.78 is 0. The van der Waals surface area contributed by atoms with E-state index in [-0.39, 0.29) is 0 Å². The molecule has 0 spiro atoms. The predicted octanol–water partition coefficient (Wildman–Crippen LogP) is 3.33. The number of rotatable bonds is 3. The molecule has 0 unspecified atom stereocenters. The molecular weight excluding hydrogens is 120 g/mol. The first-order valence-corrected chi connectivity index (χ1v) is 3.58. The van der Waals surface area contributed by atoms with E-state index in [1.807, 2.05) is 6.08 Å². The van der Waals surface area contributed by atoms with Gasteiger partial charge in [0.25, 0.3) is 0 Å². The van der Waals surface area contributed by atoms with Crippen molar-refractivity contribution >= 4 is 0 Å². The van der Waals surface area contributed by atoms with Crippen molar-refractivity contribution in [2.75, 3.05) is 0 Å². The number of hydrogen-bond acceptors (Lipinski definition) is 0. The summed E-state index contributed by atoms with van der Waals surface area (Å²) in [5.41, 5.74) is 2.42. The van der Waals surface area contributed by atoms with Crippen LogP contribution >= 0.6 is 0 Å². The van der Waals surface area contributed by atoms with Gasteiger partial charge in [0.1, 0.15) is 0 Å². The van der Waals surface area contributed by atoms with E-state index in [0.29, 0.717) is 5.92 Å². The normalized spacial score (nSPS) is 11.8. The van der Waals surface area contributed by atoms with Crippen LogP contribution in [0.3, 0.4) is 0 Å². The molecule has 0 aliphatic rings. The van der Waals surface area contributed by atoms with Crippen LogP contribution < -0.4 is 0 Å². The molecule has 0 radical (unpaired) electrons. The van der Waals surface area contributed by atoms with E-state index in [1.54, 1.807) is 6.08 Å². The van der Waals surface area contributed by atoms with E-state index in [2.05, 4.69) is 33.9 Å². The molecule has 0 aliphatic carbocycles. The highest BCUT2D eigenvalue weighted by Crippen LogP contribution is 2.15. The van der Waals surface area contributed by atoms with E-state index < -0.39 is 0 Å². The lowest BCUT2D eigenvalue weighted by molar-refractivity contribution is 0.781. The Kier molecular flexibility index (Phi) is 3.78. The lowest BCUT2D eigenvalue weighted by atomic mass is 9.98. The Morgan fingerprint density at radius 2 is 1.90 bits per heavy atom. The van der Waals surface area contributed by atoms with E-state index in [0.717, 1.165) is 0 Å². The monoisotopic (exact) mass is 136 g/mol. The second kappa shape index (κ2) is 4.10. The van der Waals surface area contributed by atoms with Gasteiger partial charge in [-0.15, -0.1) is 0 Å². The van der Waals surface area contributed by atoms with Crippen molar-refractivity contribution in [3.8, 4) is 0 Å². The quantitative estimate of drug-likeness (QED) is 0.522. The first-order valence-electron chi connectivity index (χ1n) is 3.58. The Labute approximate surface area is 64.0 Å². The Balaban J connectivity index is 4.21. The minimum atomic E-state index is 0.538. The molecule has 56 valence electrons. The third-order valence-electron chi connectivity index (χ3n) is 1.57. The standard InChI is InChI=1S/C10H16/c1-6-7-9(4)10(5)8(2)3/h6-8H,1,5H2,2-4H3. The van der Waals surface area contributed by atoms with Gasteiger partial charge in [-0.1, -0.05) is 39.2 Å². The van der Waals surface area contributed by atoms with Gasteiger partial charge in [-0.05, 0) is 24.0 Å². The summed E-state index contributed by atoms with van der Waals surface area (Å²) in [7, 11) is 0. The molecular formula is C10H16. The van der Waals surface area contributed by atoms with Crippen molar-refractivity contribution in [1.82, 2.24) is 0 Å². The lowest BCUT2D eigenvalue weighted by Crippen LogP contribution is -1.92. The van der Waals surface area contributed by atoms with Crippen LogP contribution in [0, 0.1) is 5.92 Å². The Morgan fingerprint density at radius 1 is 1.40 bits per heavy atom. The van der Waals surface area contributed by atoms with Crippen LogP contribution in [0.5, 0.6) is 0 Å². The van der Waals surface area contributed by atoms with Crippen molar-refractivity contribution in [2.45, 2.75) is 20.8 Å². The van der Waals surface area contributed by atoms with Gasteiger partial charge < -0.3 is 0 Å². The average Bonchev–Trinajstić information content (AvgIpc) is 1.87. The van der Waals surface area contributed by atoms with Gasteiger partial charge in [-0.3, -0.25) is 0 Å². The first-order chi connectivity index (χ1) is 4.59. The van der Waals surface area contributed by atoms with E-state index in [4.69, 9.17) is 0 Å². The molecule has 0 aliphatic heterocycles. The SMILES string of the molecule is C=CC=C(C)C(=C)C(C)C. The molecule has 0 aromatic rings. The van der Waals surface area contributed by atoms with Gasteiger partial charge in [-0.2, -0.15) is 0 Å². The third kappa shape index (κ3) is 2.67. The highest BCUT2D eigenvalue weighted by Gasteiger charge is 1.99. The second-order valence-corrected chi connectivity index (χ2v) is 2.77. The Hall–Kier alpha value is -0.780. The zero-order chi connectivity index (χ0) is 8.15. The summed E-state index contributed by atoms with van der Waals surface area (Å²) in [5.74, 6) is 0.538. The summed E-state index contributed by atoms with van der Waals surface area (Å²) in [4.78, 5) is 0. The fourth-order valence-electron chi connectivity index (χ4n) is 0.739. The van der Waals surface area contributed by atoms with Gasteiger partial charge >= 0.3 is 0 Å². The maximum Gasteiger partial charge on any atom is -0.0222 e. The Bertz CT molecular complexity index is 159. The molecule has 0 amide bonds. The van der Waals surface area contributed by atoms with Crippen molar-refractivity contribution in [3.05, 3.63) is 36.5 Å². The molecule has 0 aromatic carbocycles. The Morgan fingerprint density at radius 3 is 2.20 bits per heavy atom. The summed E-state index contributed by atoms with van der Waals surface area (Å²) in [5, 5.41) is 0. The highest BCUT2D eigenvalue weighted by atomic mass is 14.0. The highest BCUT2D eigenvalue weighted by molar-refractivity contribution is 5.30. The average molecular weight is 136 g/mol. The van der Waals surface area contributed by atoms with Crippen molar-refractivity contribution in [1.29, 1.82) is 0 Å². The van der Waals surface area contributed by atoms with Crippen LogP contribution in [0.15, 0.2) is 36.5 Å². The number of hydrogen-bond donors (Lipinski definition) is 0. The van der Waals surface area contributed by atoms with Gasteiger partial charge in [0, 0.05) is 0 Å². The van der Waals surface area contributed by atoms with Gasteiger partial charge in [0.05, 0.1) is 0 Å². The van der Waals surface area contributed by atoms with Crippen LogP contribution in [0.25, 0.3) is 0 Å². The molecule has 0 N–H and O–H groups in total. The van der Waals surface area contributed by atoms with Crippen LogP contribution in [0.4, 0.5) is 0 Å². The fourth-order valence-corrected chi connectivity index (χ4v) is 0.739. The van der Waals surface area contributed by atoms with Crippen LogP contribution in [0.1, 0.15) is 20.8 Å². The van der Waals surface area contributed by atoms with E-state index in [1.165, 1.54) is 11.1 Å². The van der Waals surface area contributed by atoms with Gasteiger partial charge in [0.15, 0.2) is 0 Å². The molecule has 0 atom stereocenters. The zero-order valence-electron chi connectivity index (χ0n) is 7.15. The smallest absolute Gasteiger partial charge is 0.0222 e. The summed E-state index contributed by atoms with van der Waals surface area (Å²) in [6, 6.07) is 0. The topological polar surface area (TPSA) is 0 Å². The van der Waals surface area contributed by atoms with Crippen LogP contribution in [-0.2, 0) is 0 Å². The molecule has 0 nitrogen and oxygen atoms in total. The molecule has 0 saturated heterocycles. The summed E-state index contributed by atoms with van der Waals surface area (Å²) >= 11 is 0. The molecule has 0 bridgehead atoms. The lowest BCUT2D eigenvalue weighted by Gasteiger charge is -2.08. The predicted molar refractivity (Wildman–Crippen MR) is 47.9 cm³/mol. The maximum absolute atomic E-state index is 3.96. The van der Waals surface area contributed by atoms with E-state index >= 15 is 0 Å². The van der Waals surface area contributed by atoms with Crippen molar-refractivity contribution < 1.29 is 0 Å². The number of allylic oxidation sites excluding steroid dienone is 4. The molecule has 10 heavy (non-hydrogen) atoms. The van der Waals surface area contributed by atoms with Gasteiger partial charge in [-0.25, -0.2) is 0 Å². The third-order valence-corrected chi connectivity index (χ3v) is 1.57. The zero-order valence-corrected chi connectivity index (χ0v) is 7.15. The van der Waals surface area contributed by atoms with Crippen molar-refractivity contribution in [2.24, 2.45) is 5.92 Å². The molecule has 0 saturated carbocycles. The summed E-state index contributed by atoms with van der Waals surface area (Å²) in [6.45, 7) is 13.9. The molecule has 0 aromatic heterocycles. The summed E-state index contributed by atoms with van der Waals surface area (Å²) in [6.07, 6.45) is 3.78. The second-order valence-electron chi connectivity index (χ2n) is 2.77. The minimum absolute atomic E-state index is 0.538. The van der Waals surface area contributed by atoms with E-state index in [9.17, 15) is 0 Å².